The van der Waals surface area contributed by atoms with Crippen molar-refractivity contribution < 1.29 is 8.78 Å². The quantitative estimate of drug-likeness (QED) is 0.546. The zero-order chi connectivity index (χ0) is 17.1. The predicted octanol–water partition coefficient (Wildman–Crippen LogP) is 7.14. The molecule has 0 saturated heterocycles. The van der Waals surface area contributed by atoms with Crippen LogP contribution in [0.1, 0.15) is 75.8 Å². The van der Waals surface area contributed by atoms with Gasteiger partial charge in [-0.05, 0) is 72.6 Å². The van der Waals surface area contributed by atoms with Crippen molar-refractivity contribution in [2.75, 3.05) is 0 Å². The summed E-state index contributed by atoms with van der Waals surface area (Å²) in [6, 6.07) is 7.82. The first-order valence-electron chi connectivity index (χ1n) is 9.54. The van der Waals surface area contributed by atoms with Crippen molar-refractivity contribution in [2.24, 2.45) is 5.92 Å². The van der Waals surface area contributed by atoms with E-state index in [9.17, 15) is 8.78 Å². The van der Waals surface area contributed by atoms with Crippen molar-refractivity contribution >= 4 is 10.8 Å². The van der Waals surface area contributed by atoms with Gasteiger partial charge in [-0.3, -0.25) is 0 Å². The van der Waals surface area contributed by atoms with Crippen LogP contribution < -0.4 is 0 Å². The monoisotopic (exact) mass is 330 g/mol. The molecule has 0 atom stereocenters. The second-order valence-corrected chi connectivity index (χ2v) is 7.40. The van der Waals surface area contributed by atoms with Gasteiger partial charge in [0, 0.05) is 5.39 Å². The average Bonchev–Trinajstić information content (AvgIpc) is 2.60. The lowest BCUT2D eigenvalue weighted by atomic mass is 9.77. The van der Waals surface area contributed by atoms with Crippen LogP contribution in [0.4, 0.5) is 8.78 Å². The van der Waals surface area contributed by atoms with E-state index in [1.54, 1.807) is 0 Å². The third-order valence-electron chi connectivity index (χ3n) is 5.65. The Morgan fingerprint density at radius 3 is 2.33 bits per heavy atom. The van der Waals surface area contributed by atoms with E-state index < -0.39 is 11.6 Å². The van der Waals surface area contributed by atoms with Crippen molar-refractivity contribution in [3.63, 3.8) is 0 Å². The molecule has 1 saturated carbocycles. The summed E-state index contributed by atoms with van der Waals surface area (Å²) < 4.78 is 28.8. The van der Waals surface area contributed by atoms with Crippen LogP contribution in [0.3, 0.4) is 0 Å². The molecule has 0 heterocycles. The molecule has 0 aliphatic heterocycles. The van der Waals surface area contributed by atoms with E-state index in [0.29, 0.717) is 23.3 Å². The highest BCUT2D eigenvalue weighted by Crippen LogP contribution is 2.38. The number of fused-ring (bicyclic) bond motifs is 1. The molecule has 2 heteroatoms. The smallest absolute Gasteiger partial charge is 0.166 e. The van der Waals surface area contributed by atoms with Gasteiger partial charge in [-0.2, -0.15) is 0 Å². The van der Waals surface area contributed by atoms with E-state index >= 15 is 0 Å². The lowest BCUT2D eigenvalue weighted by Crippen LogP contribution is -2.13. The Kier molecular flexibility index (Phi) is 5.53. The van der Waals surface area contributed by atoms with Crippen molar-refractivity contribution in [1.82, 2.24) is 0 Å². The van der Waals surface area contributed by atoms with Crippen LogP contribution >= 0.6 is 0 Å². The van der Waals surface area contributed by atoms with E-state index in [0.717, 1.165) is 17.7 Å². The minimum atomic E-state index is -0.669. The molecule has 0 aromatic heterocycles. The number of benzene rings is 2. The first-order chi connectivity index (χ1) is 11.6. The molecule has 1 aliphatic carbocycles. The maximum atomic E-state index is 14.5. The molecule has 0 N–H and O–H groups in total. The maximum Gasteiger partial charge on any atom is 0.166 e. The van der Waals surface area contributed by atoms with Gasteiger partial charge in [-0.1, -0.05) is 45.2 Å². The number of rotatable bonds is 5. The highest BCUT2D eigenvalue weighted by atomic mass is 19.2. The van der Waals surface area contributed by atoms with Crippen LogP contribution in [0.2, 0.25) is 0 Å². The summed E-state index contributed by atoms with van der Waals surface area (Å²) >= 11 is 0. The fraction of sp³-hybridized carbons (Fsp3) is 0.545. The Bertz CT molecular complexity index is 697. The molecular weight excluding hydrogens is 302 g/mol. The standard InChI is InChI=1S/C22H28F2/c1-3-5-15-7-9-16(10-8-15)17-11-12-18-13-19(6-4-2)21(23)22(24)20(18)14-17/h11-16H,3-10H2,1-2H3. The van der Waals surface area contributed by atoms with Gasteiger partial charge in [0.25, 0.3) is 0 Å². The third kappa shape index (κ3) is 3.48. The van der Waals surface area contributed by atoms with E-state index in [2.05, 4.69) is 13.0 Å². The summed E-state index contributed by atoms with van der Waals surface area (Å²) in [5.74, 6) is 0.0309. The molecule has 1 fully saturated rings. The fourth-order valence-electron chi connectivity index (χ4n) is 4.30. The largest absolute Gasteiger partial charge is 0.203 e. The fourth-order valence-corrected chi connectivity index (χ4v) is 4.30. The molecule has 2 aromatic carbocycles. The van der Waals surface area contributed by atoms with Gasteiger partial charge in [0.05, 0.1) is 0 Å². The van der Waals surface area contributed by atoms with Gasteiger partial charge in [0.15, 0.2) is 11.6 Å². The minimum Gasteiger partial charge on any atom is -0.203 e. The first-order valence-corrected chi connectivity index (χ1v) is 9.54. The van der Waals surface area contributed by atoms with Crippen molar-refractivity contribution in [1.29, 1.82) is 0 Å². The van der Waals surface area contributed by atoms with Gasteiger partial charge in [-0.25, -0.2) is 8.78 Å². The summed E-state index contributed by atoms with van der Waals surface area (Å²) in [6.45, 7) is 4.24. The minimum absolute atomic E-state index is 0.445. The molecule has 130 valence electrons. The van der Waals surface area contributed by atoms with Gasteiger partial charge in [0.2, 0.25) is 0 Å². The Morgan fingerprint density at radius 1 is 0.917 bits per heavy atom. The summed E-state index contributed by atoms with van der Waals surface area (Å²) in [5.41, 5.74) is 1.68. The molecule has 0 radical (unpaired) electrons. The molecule has 0 spiro atoms. The molecule has 0 bridgehead atoms. The molecule has 24 heavy (non-hydrogen) atoms. The normalized spacial score (nSPS) is 21.3. The van der Waals surface area contributed by atoms with Crippen LogP contribution in [0.5, 0.6) is 0 Å². The molecule has 0 unspecified atom stereocenters. The summed E-state index contributed by atoms with van der Waals surface area (Å²) in [5, 5.41) is 1.27. The van der Waals surface area contributed by atoms with E-state index in [1.165, 1.54) is 44.1 Å². The molecule has 2 aromatic rings. The molecule has 1 aliphatic rings. The van der Waals surface area contributed by atoms with Crippen LogP contribution in [-0.2, 0) is 6.42 Å². The maximum absolute atomic E-state index is 14.5. The zero-order valence-electron chi connectivity index (χ0n) is 14.9. The predicted molar refractivity (Wildman–Crippen MR) is 97.5 cm³/mol. The van der Waals surface area contributed by atoms with Crippen molar-refractivity contribution in [2.45, 2.75) is 71.1 Å². The molecule has 0 nitrogen and oxygen atoms in total. The highest BCUT2D eigenvalue weighted by Gasteiger charge is 2.22. The van der Waals surface area contributed by atoms with Crippen molar-refractivity contribution in [3.8, 4) is 0 Å². The number of hydrogen-bond donors (Lipinski definition) is 0. The van der Waals surface area contributed by atoms with Gasteiger partial charge in [0.1, 0.15) is 0 Å². The lowest BCUT2D eigenvalue weighted by Gasteiger charge is -2.28. The van der Waals surface area contributed by atoms with Gasteiger partial charge < -0.3 is 0 Å². The second-order valence-electron chi connectivity index (χ2n) is 7.40. The van der Waals surface area contributed by atoms with Crippen LogP contribution in [0.25, 0.3) is 10.8 Å². The highest BCUT2D eigenvalue weighted by molar-refractivity contribution is 5.84. The number of halogens is 2. The summed E-state index contributed by atoms with van der Waals surface area (Å²) in [7, 11) is 0. The number of aryl methyl sites for hydroxylation is 1. The lowest BCUT2D eigenvalue weighted by molar-refractivity contribution is 0.308. The number of hydrogen-bond acceptors (Lipinski definition) is 0. The third-order valence-corrected chi connectivity index (χ3v) is 5.65. The Labute approximate surface area is 144 Å². The Morgan fingerprint density at radius 2 is 1.67 bits per heavy atom. The van der Waals surface area contributed by atoms with Crippen LogP contribution in [0.15, 0.2) is 24.3 Å². The van der Waals surface area contributed by atoms with E-state index in [4.69, 9.17) is 0 Å². The summed E-state index contributed by atoms with van der Waals surface area (Å²) in [6.07, 6.45) is 8.87. The SMILES string of the molecule is CCCc1cc2ccc(C3CCC(CCC)CC3)cc2c(F)c1F. The van der Waals surface area contributed by atoms with E-state index in [1.807, 2.05) is 25.1 Å². The molecule has 0 amide bonds. The Hall–Kier alpha value is -1.44. The molecular formula is C22H28F2. The average molecular weight is 330 g/mol. The zero-order valence-corrected chi connectivity index (χ0v) is 14.9. The van der Waals surface area contributed by atoms with E-state index in [-0.39, 0.29) is 0 Å². The van der Waals surface area contributed by atoms with Gasteiger partial charge >= 0.3 is 0 Å². The van der Waals surface area contributed by atoms with Gasteiger partial charge in [-0.15, -0.1) is 0 Å². The Balaban J connectivity index is 1.86. The second kappa shape index (κ2) is 7.63. The topological polar surface area (TPSA) is 0 Å². The van der Waals surface area contributed by atoms with Crippen molar-refractivity contribution in [3.05, 3.63) is 47.0 Å². The first kappa shape index (κ1) is 17.4. The summed E-state index contributed by atoms with van der Waals surface area (Å²) in [4.78, 5) is 0. The molecule has 3 rings (SSSR count). The van der Waals surface area contributed by atoms with Crippen LogP contribution in [0, 0.1) is 17.6 Å². The van der Waals surface area contributed by atoms with Crippen LogP contribution in [-0.4, -0.2) is 0 Å².